The van der Waals surface area contributed by atoms with E-state index in [1.54, 1.807) is 32.0 Å². The van der Waals surface area contributed by atoms with Crippen LogP contribution in [0, 0.1) is 25.2 Å². The van der Waals surface area contributed by atoms with Gasteiger partial charge in [-0.15, -0.1) is 0 Å². The van der Waals surface area contributed by atoms with E-state index in [-0.39, 0.29) is 24.2 Å². The zero-order valence-corrected chi connectivity index (χ0v) is 18.6. The molecule has 1 N–H and O–H groups in total. The first-order valence-electron chi connectivity index (χ1n) is 9.65. The minimum atomic E-state index is -0.761. The Hall–Kier alpha value is -3.31. The van der Waals surface area contributed by atoms with Gasteiger partial charge < -0.3 is 19.4 Å². The summed E-state index contributed by atoms with van der Waals surface area (Å²) in [5.74, 6) is -1.80. The summed E-state index contributed by atoms with van der Waals surface area (Å²) in [6.45, 7) is 4.85. The number of ether oxygens (including phenoxy) is 2. The molecule has 164 valence electrons. The van der Waals surface area contributed by atoms with Crippen LogP contribution in [0.2, 0.25) is 5.02 Å². The van der Waals surface area contributed by atoms with Crippen molar-refractivity contribution in [1.29, 1.82) is 5.26 Å². The molecular weight excluding hydrogens is 422 g/mol. The van der Waals surface area contributed by atoms with Crippen molar-refractivity contribution in [1.82, 2.24) is 4.98 Å². The molecule has 0 radical (unpaired) electrons. The summed E-state index contributed by atoms with van der Waals surface area (Å²) < 4.78 is 9.99. The second kappa shape index (κ2) is 10.6. The summed E-state index contributed by atoms with van der Waals surface area (Å²) in [5, 5.41) is 9.47. The lowest BCUT2D eigenvalue weighted by atomic mass is 10.1. The molecule has 1 amide bonds. The lowest BCUT2D eigenvalue weighted by molar-refractivity contribution is -0.121. The number of anilines is 1. The van der Waals surface area contributed by atoms with Gasteiger partial charge in [-0.2, -0.15) is 5.26 Å². The first-order valence-corrected chi connectivity index (χ1v) is 10.0. The van der Waals surface area contributed by atoms with Gasteiger partial charge in [0.1, 0.15) is 5.69 Å². The third kappa shape index (κ3) is 5.44. The van der Waals surface area contributed by atoms with E-state index in [1.165, 1.54) is 12.0 Å². The summed E-state index contributed by atoms with van der Waals surface area (Å²) >= 11 is 6.05. The SMILES string of the molecule is CCc1[nH]c(C(=O)OCC(=O)N(CCC#N)c2ccc(Cl)c(C)c2)c(C)c1C(=O)OC. The molecular formula is C22H24ClN3O5. The smallest absolute Gasteiger partial charge is 0.355 e. The van der Waals surface area contributed by atoms with Crippen LogP contribution in [0.4, 0.5) is 5.69 Å². The normalized spacial score (nSPS) is 10.3. The molecule has 8 nitrogen and oxygen atoms in total. The fraction of sp³-hybridized carbons (Fsp3) is 0.364. The van der Waals surface area contributed by atoms with Gasteiger partial charge in [0.15, 0.2) is 6.61 Å². The summed E-state index contributed by atoms with van der Waals surface area (Å²) in [4.78, 5) is 41.6. The maximum absolute atomic E-state index is 12.8. The molecule has 0 aliphatic heterocycles. The quantitative estimate of drug-likeness (QED) is 0.619. The molecule has 0 fully saturated rings. The first-order chi connectivity index (χ1) is 14.7. The van der Waals surface area contributed by atoms with Gasteiger partial charge in [0.25, 0.3) is 5.91 Å². The maximum Gasteiger partial charge on any atom is 0.355 e. The Morgan fingerprint density at radius 3 is 2.52 bits per heavy atom. The minimum Gasteiger partial charge on any atom is -0.465 e. The van der Waals surface area contributed by atoms with Crippen LogP contribution in [0.25, 0.3) is 0 Å². The summed E-state index contributed by atoms with van der Waals surface area (Å²) in [6.07, 6.45) is 0.592. The number of esters is 2. The summed E-state index contributed by atoms with van der Waals surface area (Å²) in [5.41, 5.74) is 2.66. The maximum atomic E-state index is 12.8. The molecule has 1 heterocycles. The molecule has 0 spiro atoms. The van der Waals surface area contributed by atoms with Crippen LogP contribution in [-0.2, 0) is 20.7 Å². The van der Waals surface area contributed by atoms with E-state index in [2.05, 4.69) is 4.98 Å². The average Bonchev–Trinajstić information content (AvgIpc) is 3.10. The van der Waals surface area contributed by atoms with Crippen molar-refractivity contribution in [3.63, 3.8) is 0 Å². The van der Waals surface area contributed by atoms with Crippen molar-refractivity contribution < 1.29 is 23.9 Å². The molecule has 9 heteroatoms. The van der Waals surface area contributed by atoms with Gasteiger partial charge in [-0.1, -0.05) is 18.5 Å². The Labute approximate surface area is 185 Å². The lowest BCUT2D eigenvalue weighted by Gasteiger charge is -2.22. The number of hydrogen-bond acceptors (Lipinski definition) is 6. The van der Waals surface area contributed by atoms with Crippen LogP contribution < -0.4 is 4.90 Å². The van der Waals surface area contributed by atoms with Crippen molar-refractivity contribution in [2.45, 2.75) is 33.6 Å². The fourth-order valence-corrected chi connectivity index (χ4v) is 3.26. The predicted octanol–water partition coefficient (Wildman–Crippen LogP) is 3.74. The van der Waals surface area contributed by atoms with E-state index in [4.69, 9.17) is 26.3 Å². The number of aromatic nitrogens is 1. The van der Waals surface area contributed by atoms with Crippen LogP contribution in [0.5, 0.6) is 0 Å². The van der Waals surface area contributed by atoms with Crippen LogP contribution in [-0.4, -0.2) is 43.1 Å². The zero-order chi connectivity index (χ0) is 23.1. The fourth-order valence-electron chi connectivity index (χ4n) is 3.14. The number of aryl methyl sites for hydroxylation is 2. The average molecular weight is 446 g/mol. The van der Waals surface area contributed by atoms with E-state index in [0.717, 1.165) is 5.56 Å². The first kappa shape index (κ1) is 24.0. The number of benzene rings is 1. The third-order valence-electron chi connectivity index (χ3n) is 4.80. The summed E-state index contributed by atoms with van der Waals surface area (Å²) in [6, 6.07) is 7.05. The Morgan fingerprint density at radius 2 is 1.94 bits per heavy atom. The molecule has 0 aliphatic rings. The molecule has 1 aromatic heterocycles. The Morgan fingerprint density at radius 1 is 1.23 bits per heavy atom. The van der Waals surface area contributed by atoms with Gasteiger partial charge in [0, 0.05) is 22.9 Å². The highest BCUT2D eigenvalue weighted by Gasteiger charge is 2.26. The third-order valence-corrected chi connectivity index (χ3v) is 5.23. The number of nitrogens with one attached hydrogen (secondary N) is 1. The molecule has 1 aromatic carbocycles. The van der Waals surface area contributed by atoms with Gasteiger partial charge in [0.05, 0.1) is 25.2 Å². The number of aromatic amines is 1. The molecule has 2 rings (SSSR count). The zero-order valence-electron chi connectivity index (χ0n) is 17.9. The molecule has 0 aliphatic carbocycles. The van der Waals surface area contributed by atoms with Gasteiger partial charge in [-0.3, -0.25) is 4.79 Å². The number of hydrogen-bond donors (Lipinski definition) is 1. The molecule has 31 heavy (non-hydrogen) atoms. The monoisotopic (exact) mass is 445 g/mol. The largest absolute Gasteiger partial charge is 0.465 e. The molecule has 0 unspecified atom stereocenters. The predicted molar refractivity (Wildman–Crippen MR) is 115 cm³/mol. The van der Waals surface area contributed by atoms with Crippen molar-refractivity contribution in [2.75, 3.05) is 25.2 Å². The summed E-state index contributed by atoms with van der Waals surface area (Å²) in [7, 11) is 1.26. The van der Waals surface area contributed by atoms with E-state index >= 15 is 0 Å². The van der Waals surface area contributed by atoms with Crippen LogP contribution in [0.1, 0.15) is 51.0 Å². The number of amides is 1. The molecule has 0 atom stereocenters. The number of H-pyrrole nitrogens is 1. The van der Waals surface area contributed by atoms with Crippen molar-refractivity contribution in [3.05, 3.63) is 51.3 Å². The number of carbonyl (C=O) groups is 3. The molecule has 0 bridgehead atoms. The highest BCUT2D eigenvalue weighted by atomic mass is 35.5. The standard InChI is InChI=1S/C22H24ClN3O5/c1-5-17-19(21(28)30-4)14(3)20(25-17)22(29)31-12-18(27)26(10-6-9-24)15-7-8-16(23)13(2)11-15/h7-8,11,25H,5-6,10,12H2,1-4H3. The van der Waals surface area contributed by atoms with Crippen LogP contribution in [0.3, 0.4) is 0 Å². The van der Waals surface area contributed by atoms with Crippen molar-refractivity contribution in [3.8, 4) is 6.07 Å². The van der Waals surface area contributed by atoms with Gasteiger partial charge >= 0.3 is 11.9 Å². The Kier molecular flexibility index (Phi) is 8.22. The minimum absolute atomic E-state index is 0.0935. The highest BCUT2D eigenvalue weighted by Crippen LogP contribution is 2.24. The second-order valence-electron chi connectivity index (χ2n) is 6.79. The van der Waals surface area contributed by atoms with Crippen LogP contribution >= 0.6 is 11.6 Å². The number of rotatable bonds is 8. The molecule has 0 saturated heterocycles. The lowest BCUT2D eigenvalue weighted by Crippen LogP contribution is -2.35. The van der Waals surface area contributed by atoms with Crippen molar-refractivity contribution >= 4 is 35.1 Å². The second-order valence-corrected chi connectivity index (χ2v) is 7.19. The van der Waals surface area contributed by atoms with E-state index < -0.39 is 24.5 Å². The van der Waals surface area contributed by atoms with E-state index in [0.29, 0.717) is 28.4 Å². The van der Waals surface area contributed by atoms with E-state index in [1.807, 2.05) is 13.0 Å². The van der Waals surface area contributed by atoms with Crippen LogP contribution in [0.15, 0.2) is 18.2 Å². The highest BCUT2D eigenvalue weighted by molar-refractivity contribution is 6.31. The molecule has 0 saturated carbocycles. The van der Waals surface area contributed by atoms with E-state index in [9.17, 15) is 14.4 Å². The van der Waals surface area contributed by atoms with Crippen molar-refractivity contribution in [2.24, 2.45) is 0 Å². The number of nitrogens with zero attached hydrogens (tertiary/aromatic N) is 2. The Balaban J connectivity index is 2.19. The van der Waals surface area contributed by atoms with Gasteiger partial charge in [-0.25, -0.2) is 9.59 Å². The van der Waals surface area contributed by atoms with Gasteiger partial charge in [-0.05, 0) is 49.6 Å². The number of halogens is 1. The number of methoxy groups -OCH3 is 1. The Bertz CT molecular complexity index is 1040. The molecule has 2 aromatic rings. The van der Waals surface area contributed by atoms with Gasteiger partial charge in [0.2, 0.25) is 0 Å². The number of nitriles is 1. The number of carbonyl (C=O) groups excluding carboxylic acids is 3. The topological polar surface area (TPSA) is 112 Å².